The number of carbonyl (C=O) groups is 1. The molecule has 25 heavy (non-hydrogen) atoms. The van der Waals surface area contributed by atoms with Crippen LogP contribution in [0.3, 0.4) is 0 Å². The summed E-state index contributed by atoms with van der Waals surface area (Å²) in [5, 5.41) is 3.69. The Morgan fingerprint density at radius 1 is 1.24 bits per heavy atom. The summed E-state index contributed by atoms with van der Waals surface area (Å²) >= 11 is 0. The van der Waals surface area contributed by atoms with Crippen LogP contribution in [0.1, 0.15) is 56.8 Å². The molecule has 5 heteroatoms. The third-order valence-electron chi connectivity index (χ3n) is 4.53. The zero-order valence-corrected chi connectivity index (χ0v) is 15.4. The highest BCUT2D eigenvalue weighted by molar-refractivity contribution is 5.98. The van der Waals surface area contributed by atoms with Crippen molar-refractivity contribution >= 4 is 16.8 Å². The number of hydrogen-bond donors (Lipinski definition) is 1. The maximum absolute atomic E-state index is 12.7. The molecule has 1 aliphatic rings. The molecule has 1 heterocycles. The predicted octanol–water partition coefficient (Wildman–Crippen LogP) is 3.39. The number of amides is 1. The smallest absolute Gasteiger partial charge is 0.263 e. The van der Waals surface area contributed by atoms with E-state index in [1.165, 1.54) is 17.4 Å². The van der Waals surface area contributed by atoms with Crippen molar-refractivity contribution in [2.75, 3.05) is 0 Å². The highest BCUT2D eigenvalue weighted by atomic mass is 16.5. The van der Waals surface area contributed by atoms with Crippen LogP contribution in [0.5, 0.6) is 5.75 Å². The van der Waals surface area contributed by atoms with E-state index in [-0.39, 0.29) is 23.1 Å². The van der Waals surface area contributed by atoms with Crippen LogP contribution in [-0.4, -0.2) is 22.1 Å². The molecular formula is C20H26N2O3. The van der Waals surface area contributed by atoms with Crippen molar-refractivity contribution in [3.63, 3.8) is 0 Å². The second kappa shape index (κ2) is 6.54. The number of aryl methyl sites for hydroxylation is 1. The Hall–Kier alpha value is -2.30. The molecule has 0 atom stereocenters. The van der Waals surface area contributed by atoms with Crippen molar-refractivity contribution in [3.8, 4) is 5.75 Å². The van der Waals surface area contributed by atoms with E-state index in [4.69, 9.17) is 4.74 Å². The van der Waals surface area contributed by atoms with Crippen molar-refractivity contribution in [3.05, 3.63) is 40.2 Å². The van der Waals surface area contributed by atoms with Gasteiger partial charge in [-0.25, -0.2) is 0 Å². The van der Waals surface area contributed by atoms with Gasteiger partial charge < -0.3 is 14.6 Å². The Morgan fingerprint density at radius 2 is 1.92 bits per heavy atom. The molecule has 1 N–H and O–H groups in total. The van der Waals surface area contributed by atoms with Crippen LogP contribution in [0.4, 0.5) is 0 Å². The summed E-state index contributed by atoms with van der Waals surface area (Å²) in [6, 6.07) is 7.38. The maximum atomic E-state index is 12.7. The standard InChI is InChI=1S/C20H26N2O3/c1-20(2,3)21-18(23)15-12-13-8-7-11-16(17(13)22(4)19(15)24)25-14-9-5-6-10-14/h7-8,11-12,14H,5-6,9-10H2,1-4H3,(H,21,23). The molecule has 1 fully saturated rings. The van der Waals surface area contributed by atoms with Crippen LogP contribution in [0.2, 0.25) is 0 Å². The van der Waals surface area contributed by atoms with Gasteiger partial charge in [0, 0.05) is 18.0 Å². The molecule has 0 radical (unpaired) electrons. The van der Waals surface area contributed by atoms with Crippen LogP contribution in [0.15, 0.2) is 29.1 Å². The third kappa shape index (κ3) is 3.70. The van der Waals surface area contributed by atoms with E-state index < -0.39 is 5.54 Å². The van der Waals surface area contributed by atoms with Gasteiger partial charge in [-0.2, -0.15) is 0 Å². The number of carbonyl (C=O) groups excluding carboxylic acids is 1. The molecule has 0 bridgehead atoms. The lowest BCUT2D eigenvalue weighted by Crippen LogP contribution is -2.43. The van der Waals surface area contributed by atoms with Gasteiger partial charge >= 0.3 is 0 Å². The molecule has 134 valence electrons. The van der Waals surface area contributed by atoms with Gasteiger partial charge in [0.2, 0.25) is 0 Å². The summed E-state index contributed by atoms with van der Waals surface area (Å²) in [5.74, 6) is 0.365. The monoisotopic (exact) mass is 342 g/mol. The minimum absolute atomic E-state index is 0.156. The van der Waals surface area contributed by atoms with E-state index in [2.05, 4.69) is 5.32 Å². The molecule has 2 aromatic rings. The van der Waals surface area contributed by atoms with Gasteiger partial charge in [0.05, 0.1) is 11.6 Å². The normalized spacial score (nSPS) is 15.5. The SMILES string of the molecule is Cn1c(=O)c(C(=O)NC(C)(C)C)cc2cccc(OC3CCCC3)c21. The van der Waals surface area contributed by atoms with E-state index in [1.807, 2.05) is 39.0 Å². The van der Waals surface area contributed by atoms with Gasteiger partial charge in [-0.15, -0.1) is 0 Å². The Balaban J connectivity index is 2.05. The first-order chi connectivity index (χ1) is 11.8. The van der Waals surface area contributed by atoms with Crippen molar-refractivity contribution in [2.45, 2.75) is 58.1 Å². The van der Waals surface area contributed by atoms with E-state index in [9.17, 15) is 9.59 Å². The summed E-state index contributed by atoms with van der Waals surface area (Å²) in [5.41, 5.74) is 0.191. The van der Waals surface area contributed by atoms with Gasteiger partial charge in [-0.05, 0) is 58.6 Å². The first-order valence-corrected chi connectivity index (χ1v) is 8.88. The second-order valence-electron chi connectivity index (χ2n) is 7.84. The molecule has 1 aromatic heterocycles. The molecule has 1 aromatic carbocycles. The topological polar surface area (TPSA) is 60.3 Å². The maximum Gasteiger partial charge on any atom is 0.263 e. The lowest BCUT2D eigenvalue weighted by atomic mass is 10.1. The molecule has 0 unspecified atom stereocenters. The number of nitrogens with one attached hydrogen (secondary N) is 1. The third-order valence-corrected chi connectivity index (χ3v) is 4.53. The molecule has 1 saturated carbocycles. The fourth-order valence-electron chi connectivity index (χ4n) is 3.37. The first-order valence-electron chi connectivity index (χ1n) is 8.88. The zero-order valence-electron chi connectivity index (χ0n) is 15.4. The largest absolute Gasteiger partial charge is 0.488 e. The van der Waals surface area contributed by atoms with Gasteiger partial charge in [-0.1, -0.05) is 12.1 Å². The number of benzene rings is 1. The van der Waals surface area contributed by atoms with Gasteiger partial charge in [0.1, 0.15) is 11.3 Å². The van der Waals surface area contributed by atoms with E-state index in [0.29, 0.717) is 5.75 Å². The van der Waals surface area contributed by atoms with Crippen LogP contribution >= 0.6 is 0 Å². The molecule has 3 rings (SSSR count). The number of ether oxygens (including phenoxy) is 1. The molecule has 0 spiro atoms. The molecule has 0 saturated heterocycles. The van der Waals surface area contributed by atoms with Crippen molar-refractivity contribution in [1.82, 2.24) is 9.88 Å². The highest BCUT2D eigenvalue weighted by Gasteiger charge is 2.22. The summed E-state index contributed by atoms with van der Waals surface area (Å²) in [6.45, 7) is 5.68. The van der Waals surface area contributed by atoms with Crippen LogP contribution < -0.4 is 15.6 Å². The number of nitrogens with zero attached hydrogens (tertiary/aromatic N) is 1. The number of pyridine rings is 1. The fourth-order valence-corrected chi connectivity index (χ4v) is 3.37. The molecular weight excluding hydrogens is 316 g/mol. The average molecular weight is 342 g/mol. The first kappa shape index (κ1) is 17.5. The molecule has 0 aliphatic heterocycles. The van der Waals surface area contributed by atoms with Gasteiger partial charge in [-0.3, -0.25) is 9.59 Å². The summed E-state index contributed by atoms with van der Waals surface area (Å²) in [7, 11) is 1.69. The Morgan fingerprint density at radius 3 is 2.56 bits per heavy atom. The minimum atomic E-state index is -0.398. The van der Waals surface area contributed by atoms with E-state index in [1.54, 1.807) is 13.1 Å². The molecule has 5 nitrogen and oxygen atoms in total. The number of rotatable bonds is 3. The Bertz CT molecular complexity index is 856. The Labute approximate surface area is 148 Å². The fraction of sp³-hybridized carbons (Fsp3) is 0.500. The lowest BCUT2D eigenvalue weighted by Gasteiger charge is -2.21. The van der Waals surface area contributed by atoms with Gasteiger partial charge in [0.25, 0.3) is 11.5 Å². The Kier molecular flexibility index (Phi) is 4.58. The summed E-state index contributed by atoms with van der Waals surface area (Å²) in [6.07, 6.45) is 4.69. The van der Waals surface area contributed by atoms with Crippen LogP contribution in [0, 0.1) is 0 Å². The van der Waals surface area contributed by atoms with E-state index >= 15 is 0 Å². The second-order valence-corrected chi connectivity index (χ2v) is 7.84. The van der Waals surface area contributed by atoms with Gasteiger partial charge in [0.15, 0.2) is 0 Å². The van der Waals surface area contributed by atoms with Crippen molar-refractivity contribution in [2.24, 2.45) is 7.05 Å². The highest BCUT2D eigenvalue weighted by Crippen LogP contribution is 2.29. The van der Waals surface area contributed by atoms with E-state index in [0.717, 1.165) is 23.7 Å². The average Bonchev–Trinajstić information content (AvgIpc) is 3.02. The number of para-hydroxylation sites is 1. The quantitative estimate of drug-likeness (QED) is 0.930. The number of fused-ring (bicyclic) bond motifs is 1. The number of aromatic nitrogens is 1. The van der Waals surface area contributed by atoms with Crippen molar-refractivity contribution in [1.29, 1.82) is 0 Å². The molecule has 1 amide bonds. The molecule has 1 aliphatic carbocycles. The van der Waals surface area contributed by atoms with Crippen LogP contribution in [-0.2, 0) is 7.05 Å². The lowest BCUT2D eigenvalue weighted by molar-refractivity contribution is 0.0917. The minimum Gasteiger partial charge on any atom is -0.488 e. The van der Waals surface area contributed by atoms with Crippen LogP contribution in [0.25, 0.3) is 10.9 Å². The van der Waals surface area contributed by atoms with Crippen molar-refractivity contribution < 1.29 is 9.53 Å². The zero-order chi connectivity index (χ0) is 18.2. The predicted molar refractivity (Wildman–Crippen MR) is 99.3 cm³/mol. The summed E-state index contributed by atoms with van der Waals surface area (Å²) < 4.78 is 7.67. The summed E-state index contributed by atoms with van der Waals surface area (Å²) in [4.78, 5) is 25.2. The number of hydrogen-bond acceptors (Lipinski definition) is 3.